The molecule has 0 saturated heterocycles. The zero-order chi connectivity index (χ0) is 22.5. The van der Waals surface area contributed by atoms with Crippen LogP contribution in [0, 0.1) is 10.1 Å². The van der Waals surface area contributed by atoms with Gasteiger partial charge in [-0.2, -0.15) is 0 Å². The van der Waals surface area contributed by atoms with Crippen LogP contribution in [0.15, 0.2) is 76.6 Å². The zero-order valence-electron chi connectivity index (χ0n) is 16.8. The summed E-state index contributed by atoms with van der Waals surface area (Å²) in [6.07, 6.45) is 1.57. The van der Waals surface area contributed by atoms with Crippen molar-refractivity contribution in [3.63, 3.8) is 0 Å². The van der Waals surface area contributed by atoms with Crippen LogP contribution in [0.3, 0.4) is 0 Å². The fourth-order valence-corrected chi connectivity index (χ4v) is 4.39. The first kappa shape index (κ1) is 21.5. The van der Waals surface area contributed by atoms with Crippen LogP contribution in [0.2, 0.25) is 0 Å². The predicted octanol–water partition coefficient (Wildman–Crippen LogP) is 2.97. The fraction of sp³-hybridized carbons (Fsp3) is 0.100. The van der Waals surface area contributed by atoms with Gasteiger partial charge in [-0.15, -0.1) is 26.6 Å². The maximum Gasteiger partial charge on any atom is 0.269 e. The SMILES string of the molecule is Cn1cnnc1SCC(=O)N/N=c1/scc(-c2ccc([N+](=O)[O-])cc2)n1-c1ccccc1. The van der Waals surface area contributed by atoms with Crippen molar-refractivity contribution in [1.29, 1.82) is 0 Å². The molecule has 162 valence electrons. The minimum Gasteiger partial charge on any atom is -0.312 e. The van der Waals surface area contributed by atoms with E-state index in [-0.39, 0.29) is 17.3 Å². The van der Waals surface area contributed by atoms with E-state index in [9.17, 15) is 14.9 Å². The van der Waals surface area contributed by atoms with Gasteiger partial charge in [0, 0.05) is 30.2 Å². The van der Waals surface area contributed by atoms with E-state index >= 15 is 0 Å². The van der Waals surface area contributed by atoms with Crippen molar-refractivity contribution < 1.29 is 9.72 Å². The lowest BCUT2D eigenvalue weighted by Gasteiger charge is -2.09. The standard InChI is InChI=1S/C20H17N7O3S2/c1-25-13-21-23-19(25)32-12-18(28)22-24-20-26(15-5-3-2-4-6-15)17(11-31-20)14-7-9-16(10-8-14)27(29)30/h2-11,13H,12H2,1H3,(H,22,28)/b24-20+. The average molecular weight is 468 g/mol. The highest BCUT2D eigenvalue weighted by molar-refractivity contribution is 7.99. The number of hydrogen-bond acceptors (Lipinski definition) is 8. The lowest BCUT2D eigenvalue weighted by molar-refractivity contribution is -0.384. The lowest BCUT2D eigenvalue weighted by Crippen LogP contribution is -2.25. The molecular formula is C20H17N7O3S2. The molecule has 10 nitrogen and oxygen atoms in total. The number of amides is 1. The van der Waals surface area contributed by atoms with Gasteiger partial charge < -0.3 is 4.57 Å². The number of carbonyl (C=O) groups excluding carboxylic acids is 1. The van der Waals surface area contributed by atoms with Gasteiger partial charge in [0.2, 0.25) is 4.80 Å². The van der Waals surface area contributed by atoms with Crippen LogP contribution in [0.1, 0.15) is 0 Å². The first-order chi connectivity index (χ1) is 15.5. The third kappa shape index (κ3) is 4.76. The maximum absolute atomic E-state index is 12.3. The highest BCUT2D eigenvalue weighted by Crippen LogP contribution is 2.25. The van der Waals surface area contributed by atoms with Crippen LogP contribution in [-0.4, -0.2) is 35.9 Å². The van der Waals surface area contributed by atoms with Crippen molar-refractivity contribution in [2.45, 2.75) is 5.16 Å². The van der Waals surface area contributed by atoms with Crippen LogP contribution < -0.4 is 10.2 Å². The number of non-ortho nitro benzene ring substituents is 1. The average Bonchev–Trinajstić information content (AvgIpc) is 3.42. The van der Waals surface area contributed by atoms with Crippen molar-refractivity contribution in [3.05, 3.63) is 81.2 Å². The molecule has 0 aliphatic carbocycles. The van der Waals surface area contributed by atoms with E-state index in [0.717, 1.165) is 16.9 Å². The molecule has 0 saturated carbocycles. The number of carbonyl (C=O) groups is 1. The number of thioether (sulfide) groups is 1. The molecule has 0 radical (unpaired) electrons. The van der Waals surface area contributed by atoms with Crippen molar-refractivity contribution in [3.8, 4) is 16.9 Å². The highest BCUT2D eigenvalue weighted by atomic mass is 32.2. The van der Waals surface area contributed by atoms with E-state index in [0.29, 0.717) is 9.96 Å². The summed E-state index contributed by atoms with van der Waals surface area (Å²) in [6, 6.07) is 15.9. The van der Waals surface area contributed by atoms with Crippen molar-refractivity contribution >= 4 is 34.7 Å². The van der Waals surface area contributed by atoms with Crippen molar-refractivity contribution in [2.24, 2.45) is 12.1 Å². The van der Waals surface area contributed by atoms with Gasteiger partial charge in [0.25, 0.3) is 11.6 Å². The molecule has 0 atom stereocenters. The summed E-state index contributed by atoms with van der Waals surface area (Å²) < 4.78 is 3.62. The molecule has 32 heavy (non-hydrogen) atoms. The zero-order valence-corrected chi connectivity index (χ0v) is 18.4. The molecule has 12 heteroatoms. The van der Waals surface area contributed by atoms with Gasteiger partial charge in [0.1, 0.15) is 6.33 Å². The molecule has 0 unspecified atom stereocenters. The second-order valence-electron chi connectivity index (χ2n) is 6.54. The minimum absolute atomic E-state index is 0.0211. The lowest BCUT2D eigenvalue weighted by atomic mass is 10.1. The summed E-state index contributed by atoms with van der Waals surface area (Å²) in [7, 11) is 1.80. The molecule has 1 N–H and O–H groups in total. The molecule has 1 amide bonds. The van der Waals surface area contributed by atoms with Gasteiger partial charge >= 0.3 is 0 Å². The molecule has 2 aromatic heterocycles. The first-order valence-electron chi connectivity index (χ1n) is 9.33. The molecular weight excluding hydrogens is 450 g/mol. The Kier molecular flexibility index (Phi) is 6.42. The number of nitrogens with one attached hydrogen (secondary N) is 1. The molecule has 4 aromatic rings. The Morgan fingerprint density at radius 3 is 2.62 bits per heavy atom. The van der Waals surface area contributed by atoms with Gasteiger partial charge in [0.15, 0.2) is 5.16 Å². The van der Waals surface area contributed by atoms with E-state index < -0.39 is 4.92 Å². The van der Waals surface area contributed by atoms with E-state index in [4.69, 9.17) is 0 Å². The molecule has 2 aromatic carbocycles. The Morgan fingerprint density at radius 1 is 1.22 bits per heavy atom. The van der Waals surface area contributed by atoms with Gasteiger partial charge in [-0.05, 0) is 29.8 Å². The van der Waals surface area contributed by atoms with E-state index in [2.05, 4.69) is 20.7 Å². The number of rotatable bonds is 7. The molecule has 0 bridgehead atoms. The Balaban J connectivity index is 1.62. The molecule has 4 rings (SSSR count). The number of nitro benzene ring substituents is 1. The van der Waals surface area contributed by atoms with Crippen LogP contribution in [0.4, 0.5) is 5.69 Å². The number of benzene rings is 2. The summed E-state index contributed by atoms with van der Waals surface area (Å²) in [6.45, 7) is 0. The van der Waals surface area contributed by atoms with Crippen molar-refractivity contribution in [2.75, 3.05) is 5.75 Å². The van der Waals surface area contributed by atoms with Gasteiger partial charge in [-0.1, -0.05) is 30.0 Å². The molecule has 0 aliphatic rings. The van der Waals surface area contributed by atoms with Crippen LogP contribution in [0.25, 0.3) is 16.9 Å². The van der Waals surface area contributed by atoms with Gasteiger partial charge in [-0.25, -0.2) is 5.43 Å². The number of nitro groups is 1. The molecule has 0 aliphatic heterocycles. The summed E-state index contributed by atoms with van der Waals surface area (Å²) in [4.78, 5) is 23.4. The Morgan fingerprint density at radius 2 is 1.97 bits per heavy atom. The van der Waals surface area contributed by atoms with Gasteiger partial charge in [0.05, 0.1) is 16.4 Å². The second kappa shape index (κ2) is 9.58. The number of hydrogen-bond donors (Lipinski definition) is 1. The fourth-order valence-electron chi connectivity index (χ4n) is 2.85. The monoisotopic (exact) mass is 467 g/mol. The summed E-state index contributed by atoms with van der Waals surface area (Å²) in [5, 5.41) is 25.5. The summed E-state index contributed by atoms with van der Waals surface area (Å²) in [5.74, 6) is -0.134. The Labute approximate surface area is 190 Å². The number of aromatic nitrogens is 4. The normalized spacial score (nSPS) is 11.5. The number of thiazole rings is 1. The third-order valence-electron chi connectivity index (χ3n) is 4.37. The Bertz CT molecular complexity index is 1310. The quantitative estimate of drug-likeness (QED) is 0.253. The highest BCUT2D eigenvalue weighted by Gasteiger charge is 2.13. The molecule has 0 spiro atoms. The predicted molar refractivity (Wildman–Crippen MR) is 121 cm³/mol. The minimum atomic E-state index is -0.433. The van der Waals surface area contributed by atoms with Crippen LogP contribution in [0.5, 0.6) is 0 Å². The first-order valence-corrected chi connectivity index (χ1v) is 11.2. The summed E-state index contributed by atoms with van der Waals surface area (Å²) >= 11 is 2.61. The largest absolute Gasteiger partial charge is 0.312 e. The smallest absolute Gasteiger partial charge is 0.269 e. The maximum atomic E-state index is 12.3. The van der Waals surface area contributed by atoms with E-state index in [1.165, 1.54) is 35.2 Å². The second-order valence-corrected chi connectivity index (χ2v) is 8.32. The van der Waals surface area contributed by atoms with Crippen LogP contribution in [-0.2, 0) is 11.8 Å². The number of nitrogens with zero attached hydrogens (tertiary/aromatic N) is 6. The topological polar surface area (TPSA) is 120 Å². The Hall–Kier alpha value is -3.77. The van der Waals surface area contributed by atoms with E-state index in [1.807, 2.05) is 40.3 Å². The van der Waals surface area contributed by atoms with Crippen molar-refractivity contribution in [1.82, 2.24) is 24.8 Å². The third-order valence-corrected chi connectivity index (χ3v) is 6.24. The van der Waals surface area contributed by atoms with E-state index in [1.54, 1.807) is 30.1 Å². The van der Waals surface area contributed by atoms with Gasteiger partial charge in [-0.3, -0.25) is 19.5 Å². The summed E-state index contributed by atoms with van der Waals surface area (Å²) in [5.41, 5.74) is 5.06. The van der Waals surface area contributed by atoms with Crippen LogP contribution >= 0.6 is 23.1 Å². The number of aryl methyl sites for hydroxylation is 1. The molecule has 0 fully saturated rings. The number of para-hydroxylation sites is 1. The molecule has 2 heterocycles.